The highest BCUT2D eigenvalue weighted by Gasteiger charge is 2.21. The largest absolute Gasteiger partial charge is 0.323 e. The molecule has 186 valence electrons. The second-order valence-corrected chi connectivity index (χ2v) is 9.64. The Kier molecular flexibility index (Phi) is 7.43. The average molecular weight is 493 g/mol. The minimum Gasteiger partial charge on any atom is -0.308 e. The molecule has 0 saturated carbocycles. The molecule has 0 spiro atoms. The standard InChI is InChI=1S/C31H29FN4O/c32-27-12-8-22(9-13-27)18-23-14-16-36(17-15-23)21-26-11-10-25-5-1-2-7-29(25)30(26)35-31(37)34-28-6-3-4-24(19-28)20-33/h1-13,19,23H,14-18,21H2,(H2,34,35,37). The van der Waals surface area contributed by atoms with E-state index in [0.29, 0.717) is 17.2 Å². The maximum atomic E-state index is 13.2. The van der Waals surface area contributed by atoms with Crippen molar-refractivity contribution in [1.29, 1.82) is 5.26 Å². The average Bonchev–Trinajstić information content (AvgIpc) is 2.92. The van der Waals surface area contributed by atoms with Crippen molar-refractivity contribution >= 4 is 28.2 Å². The number of nitrogens with one attached hydrogen (secondary N) is 2. The van der Waals surface area contributed by atoms with Crippen molar-refractivity contribution in [3.8, 4) is 6.07 Å². The molecule has 5 nitrogen and oxygen atoms in total. The number of urea groups is 1. The van der Waals surface area contributed by atoms with Crippen LogP contribution in [0.3, 0.4) is 0 Å². The summed E-state index contributed by atoms with van der Waals surface area (Å²) in [6.45, 7) is 2.70. The van der Waals surface area contributed by atoms with Gasteiger partial charge in [-0.3, -0.25) is 4.90 Å². The SMILES string of the molecule is N#Cc1cccc(NC(=O)Nc2c(CN3CCC(Cc4ccc(F)cc4)CC3)ccc3ccccc23)c1. The number of fused-ring (bicyclic) bond motifs is 1. The van der Waals surface area contributed by atoms with Gasteiger partial charge in [0.1, 0.15) is 5.82 Å². The van der Waals surface area contributed by atoms with Gasteiger partial charge in [-0.25, -0.2) is 9.18 Å². The molecule has 1 aliphatic heterocycles. The lowest BCUT2D eigenvalue weighted by molar-refractivity contribution is 0.177. The molecule has 0 aromatic heterocycles. The zero-order valence-corrected chi connectivity index (χ0v) is 20.6. The normalized spacial score (nSPS) is 14.3. The lowest BCUT2D eigenvalue weighted by Crippen LogP contribution is -2.34. The lowest BCUT2D eigenvalue weighted by atomic mass is 9.90. The first-order chi connectivity index (χ1) is 18.1. The van der Waals surface area contributed by atoms with Crippen molar-refractivity contribution in [2.75, 3.05) is 23.7 Å². The summed E-state index contributed by atoms with van der Waals surface area (Å²) in [4.78, 5) is 15.4. The number of piperidine rings is 1. The summed E-state index contributed by atoms with van der Waals surface area (Å²) < 4.78 is 13.2. The minimum absolute atomic E-state index is 0.192. The second kappa shape index (κ2) is 11.2. The van der Waals surface area contributed by atoms with Gasteiger partial charge in [0.15, 0.2) is 0 Å². The first-order valence-electron chi connectivity index (χ1n) is 12.6. The van der Waals surface area contributed by atoms with Crippen LogP contribution in [0.15, 0.2) is 84.9 Å². The van der Waals surface area contributed by atoms with Gasteiger partial charge < -0.3 is 10.6 Å². The Hall–Kier alpha value is -4.21. The van der Waals surface area contributed by atoms with Crippen LogP contribution in [0.1, 0.15) is 29.5 Å². The number of nitrogens with zero attached hydrogens (tertiary/aromatic N) is 2. The Bertz CT molecular complexity index is 1440. The highest BCUT2D eigenvalue weighted by atomic mass is 19.1. The van der Waals surface area contributed by atoms with Gasteiger partial charge in [0.25, 0.3) is 0 Å². The molecular formula is C31H29FN4O. The quantitative estimate of drug-likeness (QED) is 0.306. The third-order valence-electron chi connectivity index (χ3n) is 7.04. The number of likely N-dealkylation sites (tertiary alicyclic amines) is 1. The first kappa shape index (κ1) is 24.5. The van der Waals surface area contributed by atoms with Crippen molar-refractivity contribution in [2.24, 2.45) is 5.92 Å². The van der Waals surface area contributed by atoms with E-state index in [1.165, 1.54) is 17.7 Å². The van der Waals surface area contributed by atoms with Crippen LogP contribution in [0, 0.1) is 23.1 Å². The number of rotatable bonds is 6. The molecule has 1 aliphatic rings. The highest BCUT2D eigenvalue weighted by molar-refractivity contribution is 6.07. The van der Waals surface area contributed by atoms with Crippen LogP contribution in [0.2, 0.25) is 0 Å². The fraction of sp³-hybridized carbons (Fsp3) is 0.226. The van der Waals surface area contributed by atoms with Crippen LogP contribution in [-0.2, 0) is 13.0 Å². The summed E-state index contributed by atoms with van der Waals surface area (Å²) in [7, 11) is 0. The third kappa shape index (κ3) is 6.14. The Balaban J connectivity index is 1.28. The molecule has 0 radical (unpaired) electrons. The molecule has 0 atom stereocenters. The number of carbonyl (C=O) groups is 1. The number of benzene rings is 4. The monoisotopic (exact) mass is 492 g/mol. The molecular weight excluding hydrogens is 463 g/mol. The van der Waals surface area contributed by atoms with E-state index in [2.05, 4.69) is 33.7 Å². The first-order valence-corrected chi connectivity index (χ1v) is 12.6. The van der Waals surface area contributed by atoms with E-state index in [1.807, 2.05) is 36.4 Å². The molecule has 2 N–H and O–H groups in total. The van der Waals surface area contributed by atoms with Gasteiger partial charge in [0.2, 0.25) is 0 Å². The maximum absolute atomic E-state index is 13.2. The number of hydrogen-bond acceptors (Lipinski definition) is 3. The second-order valence-electron chi connectivity index (χ2n) is 9.64. The maximum Gasteiger partial charge on any atom is 0.323 e. The van der Waals surface area contributed by atoms with Gasteiger partial charge in [-0.15, -0.1) is 0 Å². The number of carbonyl (C=O) groups excluding carboxylic acids is 1. The Morgan fingerprint density at radius 1 is 0.946 bits per heavy atom. The molecule has 1 saturated heterocycles. The molecule has 1 heterocycles. The number of nitriles is 1. The molecule has 6 heteroatoms. The fourth-order valence-electron chi connectivity index (χ4n) is 5.08. The van der Waals surface area contributed by atoms with Crippen LogP contribution in [0.25, 0.3) is 10.8 Å². The van der Waals surface area contributed by atoms with Crippen LogP contribution in [-0.4, -0.2) is 24.0 Å². The number of hydrogen-bond donors (Lipinski definition) is 2. The molecule has 0 bridgehead atoms. The summed E-state index contributed by atoms with van der Waals surface area (Å²) in [5.41, 5.74) is 4.12. The molecule has 2 amide bonds. The molecule has 4 aromatic carbocycles. The zero-order valence-electron chi connectivity index (χ0n) is 20.6. The predicted octanol–water partition coefficient (Wildman–Crippen LogP) is 6.95. The van der Waals surface area contributed by atoms with Crippen molar-refractivity contribution in [2.45, 2.75) is 25.8 Å². The molecule has 0 unspecified atom stereocenters. The summed E-state index contributed by atoms with van der Waals surface area (Å²) in [6, 6.07) is 27.7. The Morgan fingerprint density at radius 3 is 2.51 bits per heavy atom. The fourth-order valence-corrected chi connectivity index (χ4v) is 5.08. The Labute approximate surface area is 216 Å². The van der Waals surface area contributed by atoms with Crippen molar-refractivity contribution in [1.82, 2.24) is 4.90 Å². The lowest BCUT2D eigenvalue weighted by Gasteiger charge is -2.32. The number of amides is 2. The van der Waals surface area contributed by atoms with Gasteiger partial charge >= 0.3 is 6.03 Å². The number of halogens is 1. The molecule has 0 aliphatic carbocycles. The van der Waals surface area contributed by atoms with E-state index >= 15 is 0 Å². The van der Waals surface area contributed by atoms with Crippen LogP contribution in [0.4, 0.5) is 20.6 Å². The predicted molar refractivity (Wildman–Crippen MR) is 146 cm³/mol. The molecule has 5 rings (SSSR count). The topological polar surface area (TPSA) is 68.2 Å². The van der Waals surface area contributed by atoms with E-state index in [1.54, 1.807) is 24.3 Å². The minimum atomic E-state index is -0.342. The zero-order chi connectivity index (χ0) is 25.6. The van der Waals surface area contributed by atoms with E-state index in [9.17, 15) is 9.18 Å². The molecule has 37 heavy (non-hydrogen) atoms. The summed E-state index contributed by atoms with van der Waals surface area (Å²) in [6.07, 6.45) is 3.15. The summed E-state index contributed by atoms with van der Waals surface area (Å²) >= 11 is 0. The van der Waals surface area contributed by atoms with Crippen LogP contribution < -0.4 is 10.6 Å². The van der Waals surface area contributed by atoms with Gasteiger partial charge in [-0.1, -0.05) is 54.6 Å². The van der Waals surface area contributed by atoms with Crippen molar-refractivity contribution < 1.29 is 9.18 Å². The van der Waals surface area contributed by atoms with Crippen LogP contribution >= 0.6 is 0 Å². The molecule has 4 aromatic rings. The number of anilines is 2. The van der Waals surface area contributed by atoms with E-state index in [0.717, 1.165) is 60.9 Å². The molecule has 1 fully saturated rings. The van der Waals surface area contributed by atoms with E-state index < -0.39 is 0 Å². The van der Waals surface area contributed by atoms with Crippen molar-refractivity contribution in [3.05, 3.63) is 107 Å². The van der Waals surface area contributed by atoms with E-state index in [-0.39, 0.29) is 11.8 Å². The smallest absolute Gasteiger partial charge is 0.308 e. The summed E-state index contributed by atoms with van der Waals surface area (Å²) in [5.74, 6) is 0.397. The highest BCUT2D eigenvalue weighted by Crippen LogP contribution is 2.30. The van der Waals surface area contributed by atoms with Crippen molar-refractivity contribution in [3.63, 3.8) is 0 Å². The van der Waals surface area contributed by atoms with Gasteiger partial charge in [-0.05, 0) is 85.1 Å². The Morgan fingerprint density at radius 2 is 1.73 bits per heavy atom. The summed E-state index contributed by atoms with van der Waals surface area (Å²) in [5, 5.41) is 17.1. The third-order valence-corrected chi connectivity index (χ3v) is 7.04. The van der Waals surface area contributed by atoms with Gasteiger partial charge in [-0.2, -0.15) is 5.26 Å². The van der Waals surface area contributed by atoms with Crippen LogP contribution in [0.5, 0.6) is 0 Å². The van der Waals surface area contributed by atoms with Gasteiger partial charge in [0.05, 0.1) is 17.3 Å². The van der Waals surface area contributed by atoms with E-state index in [4.69, 9.17) is 5.26 Å². The van der Waals surface area contributed by atoms with Gasteiger partial charge in [0, 0.05) is 17.6 Å².